The zero-order valence-corrected chi connectivity index (χ0v) is 14.2. The van der Waals surface area contributed by atoms with Gasteiger partial charge in [0.2, 0.25) is 0 Å². The Bertz CT molecular complexity index is 595. The maximum Gasteiger partial charge on any atom is 0.411 e. The minimum atomic E-state index is -0.439. The van der Waals surface area contributed by atoms with Crippen molar-refractivity contribution in [3.05, 3.63) is 29.8 Å². The van der Waals surface area contributed by atoms with Crippen LogP contribution in [0.15, 0.2) is 24.3 Å². The fourth-order valence-electron chi connectivity index (χ4n) is 5.11. The van der Waals surface area contributed by atoms with Gasteiger partial charge in [0, 0.05) is 36.2 Å². The Morgan fingerprint density at radius 2 is 2.04 bits per heavy atom. The highest BCUT2D eigenvalue weighted by molar-refractivity contribution is 5.84. The van der Waals surface area contributed by atoms with Crippen molar-refractivity contribution in [1.29, 1.82) is 0 Å². The van der Waals surface area contributed by atoms with Gasteiger partial charge in [0.1, 0.15) is 0 Å². The molecule has 1 aliphatic heterocycles. The van der Waals surface area contributed by atoms with E-state index in [0.717, 1.165) is 18.8 Å². The smallest absolute Gasteiger partial charge is 0.411 e. The van der Waals surface area contributed by atoms with Gasteiger partial charge < -0.3 is 14.8 Å². The van der Waals surface area contributed by atoms with E-state index in [9.17, 15) is 4.79 Å². The number of amides is 1. The zero-order valence-electron chi connectivity index (χ0n) is 14.2. The normalized spacial score (nSPS) is 30.0. The SMILES string of the molecule is COC(=O)Nc1ccc(CN[C@@H]2[C@@H]3CCO[C@@H]3C23CCCC3)cc1. The molecule has 3 fully saturated rings. The molecule has 3 atom stereocenters. The number of fused-ring (bicyclic) bond motifs is 2. The first-order chi connectivity index (χ1) is 11.7. The van der Waals surface area contributed by atoms with Crippen molar-refractivity contribution in [2.24, 2.45) is 11.3 Å². The standard InChI is InChI=1S/C19H26N2O3/c1-23-18(22)21-14-6-4-13(5-7-14)12-20-16-15-8-11-24-17(15)19(16)9-2-3-10-19/h4-7,15-17,20H,2-3,8-12H2,1H3,(H,21,22)/t15-,16+,17-/m0/s1. The molecule has 5 nitrogen and oxygen atoms in total. The lowest BCUT2D eigenvalue weighted by atomic mass is 9.54. The van der Waals surface area contributed by atoms with Gasteiger partial charge in [-0.25, -0.2) is 4.79 Å². The fourth-order valence-corrected chi connectivity index (χ4v) is 5.11. The second-order valence-electron chi connectivity index (χ2n) is 7.36. The summed E-state index contributed by atoms with van der Waals surface area (Å²) in [5.41, 5.74) is 2.39. The Labute approximate surface area is 143 Å². The van der Waals surface area contributed by atoms with Gasteiger partial charge in [-0.15, -0.1) is 0 Å². The molecule has 0 aromatic heterocycles. The van der Waals surface area contributed by atoms with Gasteiger partial charge in [-0.05, 0) is 37.0 Å². The lowest BCUT2D eigenvalue weighted by Crippen LogP contribution is -2.67. The monoisotopic (exact) mass is 330 g/mol. The molecular weight excluding hydrogens is 304 g/mol. The average molecular weight is 330 g/mol. The summed E-state index contributed by atoms with van der Waals surface area (Å²) in [5, 5.41) is 6.50. The number of ether oxygens (including phenoxy) is 2. The zero-order chi connectivity index (χ0) is 16.6. The van der Waals surface area contributed by atoms with Crippen LogP contribution in [0.4, 0.5) is 10.5 Å². The fraction of sp³-hybridized carbons (Fsp3) is 0.632. The lowest BCUT2D eigenvalue weighted by Gasteiger charge is -2.57. The molecule has 1 spiro atoms. The number of nitrogens with one attached hydrogen (secondary N) is 2. The van der Waals surface area contributed by atoms with E-state index in [0.29, 0.717) is 23.5 Å². The molecule has 4 rings (SSSR count). The Hall–Kier alpha value is -1.59. The van der Waals surface area contributed by atoms with E-state index in [-0.39, 0.29) is 0 Å². The molecule has 1 amide bonds. The highest BCUT2D eigenvalue weighted by atomic mass is 16.5. The minimum Gasteiger partial charge on any atom is -0.453 e. The first kappa shape index (κ1) is 15.9. The van der Waals surface area contributed by atoms with Crippen LogP contribution < -0.4 is 10.6 Å². The highest BCUT2D eigenvalue weighted by Gasteiger charge is 2.64. The molecule has 2 aliphatic carbocycles. The summed E-state index contributed by atoms with van der Waals surface area (Å²) in [6.45, 7) is 1.80. The second kappa shape index (κ2) is 6.37. The molecule has 0 bridgehead atoms. The first-order valence-electron chi connectivity index (χ1n) is 9.02. The molecule has 3 aliphatic rings. The van der Waals surface area contributed by atoms with Gasteiger partial charge in [-0.2, -0.15) is 0 Å². The molecular formula is C19H26N2O3. The summed E-state index contributed by atoms with van der Waals surface area (Å²) >= 11 is 0. The van der Waals surface area contributed by atoms with Crippen LogP contribution in [-0.4, -0.2) is 32.0 Å². The summed E-state index contributed by atoms with van der Waals surface area (Å²) in [4.78, 5) is 11.2. The molecule has 24 heavy (non-hydrogen) atoms. The molecule has 1 aromatic rings. The van der Waals surface area contributed by atoms with Crippen LogP contribution in [0.3, 0.4) is 0 Å². The van der Waals surface area contributed by atoms with Crippen LogP contribution in [-0.2, 0) is 16.0 Å². The third-order valence-corrected chi connectivity index (χ3v) is 6.20. The van der Waals surface area contributed by atoms with E-state index in [1.54, 1.807) is 0 Å². The predicted molar refractivity (Wildman–Crippen MR) is 91.8 cm³/mol. The maximum absolute atomic E-state index is 11.2. The van der Waals surface area contributed by atoms with Gasteiger partial charge in [0.25, 0.3) is 0 Å². The molecule has 2 saturated carbocycles. The molecule has 1 saturated heterocycles. The van der Waals surface area contributed by atoms with Crippen LogP contribution >= 0.6 is 0 Å². The highest BCUT2D eigenvalue weighted by Crippen LogP contribution is 2.60. The van der Waals surface area contributed by atoms with Crippen molar-refractivity contribution in [2.75, 3.05) is 19.0 Å². The lowest BCUT2D eigenvalue weighted by molar-refractivity contribution is -0.130. The van der Waals surface area contributed by atoms with Crippen molar-refractivity contribution < 1.29 is 14.3 Å². The Morgan fingerprint density at radius 3 is 2.75 bits per heavy atom. The molecule has 5 heteroatoms. The van der Waals surface area contributed by atoms with E-state index in [2.05, 4.69) is 27.5 Å². The third-order valence-electron chi connectivity index (χ3n) is 6.20. The Kier molecular flexibility index (Phi) is 4.22. The van der Waals surface area contributed by atoms with E-state index in [4.69, 9.17) is 4.74 Å². The number of hydrogen-bond acceptors (Lipinski definition) is 4. The van der Waals surface area contributed by atoms with E-state index >= 15 is 0 Å². The van der Waals surface area contributed by atoms with Crippen molar-refractivity contribution in [2.45, 2.75) is 50.8 Å². The van der Waals surface area contributed by atoms with E-state index < -0.39 is 6.09 Å². The number of rotatable bonds is 4. The average Bonchev–Trinajstić information content (AvgIpc) is 3.25. The summed E-state index contributed by atoms with van der Waals surface area (Å²) in [6, 6.07) is 8.55. The first-order valence-corrected chi connectivity index (χ1v) is 9.02. The van der Waals surface area contributed by atoms with E-state index in [1.807, 2.05) is 12.1 Å². The summed E-state index contributed by atoms with van der Waals surface area (Å²) in [5.74, 6) is 0.698. The van der Waals surface area contributed by atoms with Gasteiger partial charge in [0.15, 0.2) is 0 Å². The third kappa shape index (κ3) is 2.60. The van der Waals surface area contributed by atoms with Crippen LogP contribution in [0.5, 0.6) is 0 Å². The number of anilines is 1. The number of hydrogen-bond donors (Lipinski definition) is 2. The number of methoxy groups -OCH3 is 1. The Morgan fingerprint density at radius 1 is 1.29 bits per heavy atom. The van der Waals surface area contributed by atoms with Crippen molar-refractivity contribution in [3.8, 4) is 0 Å². The van der Waals surface area contributed by atoms with Gasteiger partial charge >= 0.3 is 6.09 Å². The number of benzene rings is 1. The second-order valence-corrected chi connectivity index (χ2v) is 7.36. The number of carbonyl (C=O) groups is 1. The largest absolute Gasteiger partial charge is 0.453 e. The van der Waals surface area contributed by atoms with E-state index in [1.165, 1.54) is 44.8 Å². The molecule has 0 radical (unpaired) electrons. The Balaban J connectivity index is 1.37. The minimum absolute atomic E-state index is 0.396. The number of carbonyl (C=O) groups excluding carboxylic acids is 1. The van der Waals surface area contributed by atoms with Crippen LogP contribution in [0.1, 0.15) is 37.7 Å². The molecule has 1 heterocycles. The van der Waals surface area contributed by atoms with Crippen LogP contribution in [0, 0.1) is 11.3 Å². The van der Waals surface area contributed by atoms with Crippen molar-refractivity contribution in [1.82, 2.24) is 5.32 Å². The predicted octanol–water partition coefficient (Wildman–Crippen LogP) is 3.30. The summed E-state index contributed by atoms with van der Waals surface area (Å²) < 4.78 is 10.6. The topological polar surface area (TPSA) is 59.6 Å². The van der Waals surface area contributed by atoms with Crippen LogP contribution in [0.25, 0.3) is 0 Å². The van der Waals surface area contributed by atoms with Crippen LogP contribution in [0.2, 0.25) is 0 Å². The molecule has 2 N–H and O–H groups in total. The van der Waals surface area contributed by atoms with Gasteiger partial charge in [-0.1, -0.05) is 25.0 Å². The molecule has 130 valence electrons. The summed E-state index contributed by atoms with van der Waals surface area (Å²) in [7, 11) is 1.37. The molecule has 1 aromatic carbocycles. The van der Waals surface area contributed by atoms with Crippen molar-refractivity contribution in [3.63, 3.8) is 0 Å². The van der Waals surface area contributed by atoms with Crippen molar-refractivity contribution >= 4 is 11.8 Å². The maximum atomic E-state index is 11.2. The summed E-state index contributed by atoms with van der Waals surface area (Å²) in [6.07, 6.45) is 6.58. The molecule has 0 unspecified atom stereocenters. The van der Waals surface area contributed by atoms with Gasteiger partial charge in [-0.3, -0.25) is 5.32 Å². The van der Waals surface area contributed by atoms with Gasteiger partial charge in [0.05, 0.1) is 13.2 Å². The quantitative estimate of drug-likeness (QED) is 0.889.